The van der Waals surface area contributed by atoms with E-state index in [1.165, 1.54) is 0 Å². The van der Waals surface area contributed by atoms with Gasteiger partial charge in [-0.25, -0.2) is 13.1 Å². The van der Waals surface area contributed by atoms with Crippen LogP contribution in [0.4, 0.5) is 5.69 Å². The Balaban J connectivity index is 1.67. The summed E-state index contributed by atoms with van der Waals surface area (Å²) in [5.41, 5.74) is 0.971. The van der Waals surface area contributed by atoms with E-state index in [1.807, 2.05) is 12.1 Å². The number of benzene rings is 1. The van der Waals surface area contributed by atoms with E-state index in [2.05, 4.69) is 22.2 Å². The van der Waals surface area contributed by atoms with Crippen molar-refractivity contribution in [3.05, 3.63) is 36.4 Å². The zero-order valence-corrected chi connectivity index (χ0v) is 11.5. The van der Waals surface area contributed by atoms with Crippen molar-refractivity contribution in [1.29, 1.82) is 0 Å². The summed E-state index contributed by atoms with van der Waals surface area (Å²) in [7, 11) is -3.33. The Labute approximate surface area is 114 Å². The Morgan fingerprint density at radius 1 is 0.947 bits per heavy atom. The first-order chi connectivity index (χ1) is 9.13. The largest absolute Gasteiger partial charge is 0.382 e. The van der Waals surface area contributed by atoms with E-state index in [1.54, 1.807) is 12.1 Å². The summed E-state index contributed by atoms with van der Waals surface area (Å²) in [5.74, 6) is 0. The number of hydrogen-bond donors (Lipinski definition) is 2. The SMILES string of the molecule is O=S(=O)(NC1CC1)c1ccc(NC2CC=CC2)cc1. The van der Waals surface area contributed by atoms with Gasteiger partial charge in [-0.1, -0.05) is 12.2 Å². The maximum absolute atomic E-state index is 12.0. The van der Waals surface area contributed by atoms with Gasteiger partial charge in [-0.2, -0.15) is 0 Å². The molecule has 0 saturated heterocycles. The molecule has 5 heteroatoms. The predicted molar refractivity (Wildman–Crippen MR) is 75.6 cm³/mol. The Morgan fingerprint density at radius 2 is 1.58 bits per heavy atom. The highest BCUT2D eigenvalue weighted by molar-refractivity contribution is 7.89. The third-order valence-corrected chi connectivity index (χ3v) is 4.98. The van der Waals surface area contributed by atoms with E-state index in [9.17, 15) is 8.42 Å². The Morgan fingerprint density at radius 3 is 2.16 bits per heavy atom. The molecule has 2 aliphatic rings. The number of rotatable bonds is 5. The normalized spacial score (nSPS) is 19.8. The highest BCUT2D eigenvalue weighted by atomic mass is 32.2. The summed E-state index contributed by atoms with van der Waals surface area (Å²) in [5, 5.41) is 3.39. The molecule has 19 heavy (non-hydrogen) atoms. The minimum absolute atomic E-state index is 0.146. The van der Waals surface area contributed by atoms with Crippen molar-refractivity contribution in [2.24, 2.45) is 0 Å². The first-order valence-electron chi connectivity index (χ1n) is 6.67. The molecule has 1 saturated carbocycles. The van der Waals surface area contributed by atoms with Crippen LogP contribution in [0.2, 0.25) is 0 Å². The molecule has 0 amide bonds. The fourth-order valence-electron chi connectivity index (χ4n) is 2.19. The topological polar surface area (TPSA) is 58.2 Å². The van der Waals surface area contributed by atoms with Crippen molar-refractivity contribution in [1.82, 2.24) is 4.72 Å². The summed E-state index contributed by atoms with van der Waals surface area (Å²) >= 11 is 0. The van der Waals surface area contributed by atoms with Crippen LogP contribution in [-0.2, 0) is 10.0 Å². The third kappa shape index (κ3) is 3.16. The summed E-state index contributed by atoms with van der Waals surface area (Å²) in [4.78, 5) is 0.342. The monoisotopic (exact) mass is 278 g/mol. The summed E-state index contributed by atoms with van der Waals surface area (Å²) < 4.78 is 26.7. The van der Waals surface area contributed by atoms with Gasteiger partial charge in [-0.15, -0.1) is 0 Å². The van der Waals surface area contributed by atoms with Gasteiger partial charge in [0, 0.05) is 17.8 Å². The maximum atomic E-state index is 12.0. The van der Waals surface area contributed by atoms with Gasteiger partial charge in [0.15, 0.2) is 0 Å². The van der Waals surface area contributed by atoms with Crippen molar-refractivity contribution in [3.8, 4) is 0 Å². The summed E-state index contributed by atoms with van der Waals surface area (Å²) in [6, 6.07) is 7.57. The van der Waals surface area contributed by atoms with Crippen LogP contribution >= 0.6 is 0 Å². The quantitative estimate of drug-likeness (QED) is 0.812. The summed E-state index contributed by atoms with van der Waals surface area (Å²) in [6.07, 6.45) is 8.29. The first-order valence-corrected chi connectivity index (χ1v) is 8.16. The lowest BCUT2D eigenvalue weighted by molar-refractivity contribution is 0.581. The maximum Gasteiger partial charge on any atom is 0.240 e. The Bertz CT molecular complexity index is 566. The standard InChI is InChI=1S/C14H18N2O2S/c17-19(18,16-13-5-6-13)14-9-7-12(8-10-14)15-11-3-1-2-4-11/h1-2,7-11,13,15-16H,3-6H2. The van der Waals surface area contributed by atoms with Crippen LogP contribution in [0.25, 0.3) is 0 Å². The average Bonchev–Trinajstić information content (AvgIpc) is 3.03. The molecule has 0 spiro atoms. The lowest BCUT2D eigenvalue weighted by Crippen LogP contribution is -2.25. The molecule has 0 radical (unpaired) electrons. The van der Waals surface area contributed by atoms with E-state index >= 15 is 0 Å². The zero-order chi connectivity index (χ0) is 13.3. The summed E-state index contributed by atoms with van der Waals surface area (Å²) in [6.45, 7) is 0. The molecule has 4 nitrogen and oxygen atoms in total. The molecule has 0 bridgehead atoms. The van der Waals surface area contributed by atoms with Gasteiger partial charge in [0.25, 0.3) is 0 Å². The minimum Gasteiger partial charge on any atom is -0.382 e. The van der Waals surface area contributed by atoms with Crippen molar-refractivity contribution in [3.63, 3.8) is 0 Å². The van der Waals surface area contributed by atoms with E-state index in [0.717, 1.165) is 31.4 Å². The molecule has 0 atom stereocenters. The fourth-order valence-corrected chi connectivity index (χ4v) is 3.49. The molecule has 0 heterocycles. The highest BCUT2D eigenvalue weighted by Crippen LogP contribution is 2.23. The van der Waals surface area contributed by atoms with Crippen LogP contribution in [0.5, 0.6) is 0 Å². The van der Waals surface area contributed by atoms with Crippen molar-refractivity contribution in [2.45, 2.75) is 42.7 Å². The van der Waals surface area contributed by atoms with Gasteiger partial charge in [0.1, 0.15) is 0 Å². The van der Waals surface area contributed by atoms with Crippen LogP contribution in [0.15, 0.2) is 41.3 Å². The third-order valence-electron chi connectivity index (χ3n) is 3.44. The molecule has 3 rings (SSSR count). The van der Waals surface area contributed by atoms with Crippen LogP contribution in [0, 0.1) is 0 Å². The van der Waals surface area contributed by atoms with Gasteiger partial charge in [0.05, 0.1) is 4.90 Å². The Hall–Kier alpha value is -1.33. The van der Waals surface area contributed by atoms with E-state index in [-0.39, 0.29) is 6.04 Å². The van der Waals surface area contributed by atoms with Crippen LogP contribution in [0.1, 0.15) is 25.7 Å². The second-order valence-corrected chi connectivity index (χ2v) is 6.92. The van der Waals surface area contributed by atoms with E-state index < -0.39 is 10.0 Å². The molecule has 1 fully saturated rings. The van der Waals surface area contributed by atoms with Gasteiger partial charge in [-0.05, 0) is 49.9 Å². The molecule has 1 aromatic carbocycles. The molecule has 0 aromatic heterocycles. The van der Waals surface area contributed by atoms with Gasteiger partial charge >= 0.3 is 0 Å². The smallest absolute Gasteiger partial charge is 0.240 e. The number of anilines is 1. The van der Waals surface area contributed by atoms with E-state index in [4.69, 9.17) is 0 Å². The Kier molecular flexibility index (Phi) is 3.33. The molecule has 2 aliphatic carbocycles. The lowest BCUT2D eigenvalue weighted by Gasteiger charge is -2.14. The van der Waals surface area contributed by atoms with Crippen molar-refractivity contribution < 1.29 is 8.42 Å². The number of hydrogen-bond acceptors (Lipinski definition) is 3. The second-order valence-electron chi connectivity index (χ2n) is 5.20. The minimum atomic E-state index is -3.33. The number of nitrogens with one attached hydrogen (secondary N) is 2. The molecule has 0 unspecified atom stereocenters. The molecule has 1 aromatic rings. The van der Waals surface area contributed by atoms with Gasteiger partial charge in [-0.3, -0.25) is 0 Å². The van der Waals surface area contributed by atoms with Crippen LogP contribution in [0.3, 0.4) is 0 Å². The van der Waals surface area contributed by atoms with E-state index in [0.29, 0.717) is 10.9 Å². The van der Waals surface area contributed by atoms with Crippen molar-refractivity contribution in [2.75, 3.05) is 5.32 Å². The lowest BCUT2D eigenvalue weighted by atomic mass is 10.2. The first kappa shape index (κ1) is 12.7. The molecular weight excluding hydrogens is 260 g/mol. The van der Waals surface area contributed by atoms with Crippen LogP contribution in [-0.4, -0.2) is 20.5 Å². The molecule has 102 valence electrons. The zero-order valence-electron chi connectivity index (χ0n) is 10.7. The van der Waals surface area contributed by atoms with Gasteiger partial charge < -0.3 is 5.32 Å². The molecule has 0 aliphatic heterocycles. The second kappa shape index (κ2) is 4.98. The van der Waals surface area contributed by atoms with Gasteiger partial charge in [0.2, 0.25) is 10.0 Å². The predicted octanol–water partition coefficient (Wildman–Crippen LogP) is 2.26. The molecular formula is C14H18N2O2S. The average molecular weight is 278 g/mol. The highest BCUT2D eigenvalue weighted by Gasteiger charge is 2.27. The van der Waals surface area contributed by atoms with Crippen LogP contribution < -0.4 is 10.0 Å². The molecule has 2 N–H and O–H groups in total. The fraction of sp³-hybridized carbons (Fsp3) is 0.429. The van der Waals surface area contributed by atoms with Crippen molar-refractivity contribution >= 4 is 15.7 Å². The number of sulfonamides is 1.